The van der Waals surface area contributed by atoms with Gasteiger partial charge in [0.1, 0.15) is 0 Å². The summed E-state index contributed by atoms with van der Waals surface area (Å²) in [4.78, 5) is 6.64. The van der Waals surface area contributed by atoms with Crippen molar-refractivity contribution in [1.82, 2.24) is 10.2 Å². The molecule has 0 aromatic carbocycles. The number of likely N-dealkylation sites (tertiary alicyclic amines) is 1. The third-order valence-corrected chi connectivity index (χ3v) is 4.45. The summed E-state index contributed by atoms with van der Waals surface area (Å²) < 4.78 is 26.1. The molecule has 116 valence electrons. The summed E-state index contributed by atoms with van der Waals surface area (Å²) in [5.74, 6) is -2.12. The second-order valence-corrected chi connectivity index (χ2v) is 6.00. The molecule has 1 heterocycles. The molecule has 2 unspecified atom stereocenters. The molecule has 6 heteroatoms. The molecule has 1 aliphatic carbocycles. The van der Waals surface area contributed by atoms with Crippen LogP contribution >= 0.6 is 0 Å². The van der Waals surface area contributed by atoms with Gasteiger partial charge in [0.05, 0.1) is 0 Å². The van der Waals surface area contributed by atoms with Crippen molar-refractivity contribution in [3.05, 3.63) is 0 Å². The Morgan fingerprint density at radius 3 is 2.90 bits per heavy atom. The normalized spacial score (nSPS) is 30.9. The SMILES string of the molecule is CCN1CCCC1CNC(N)=NCC1CCC(F)(F)C1. The molecule has 2 rings (SSSR count). The predicted octanol–water partition coefficient (Wildman–Crippen LogP) is 1.81. The zero-order chi connectivity index (χ0) is 14.6. The van der Waals surface area contributed by atoms with E-state index >= 15 is 0 Å². The van der Waals surface area contributed by atoms with E-state index in [9.17, 15) is 8.78 Å². The summed E-state index contributed by atoms with van der Waals surface area (Å²) in [6, 6.07) is 0.518. The number of rotatable bonds is 5. The minimum absolute atomic E-state index is 0.00590. The first kappa shape index (κ1) is 15.5. The van der Waals surface area contributed by atoms with Crippen LogP contribution in [0.4, 0.5) is 8.78 Å². The lowest BCUT2D eigenvalue weighted by Gasteiger charge is -2.23. The Kier molecular flexibility index (Phi) is 5.18. The molecular formula is C14H26F2N4. The Morgan fingerprint density at radius 2 is 2.25 bits per heavy atom. The van der Waals surface area contributed by atoms with Crippen molar-refractivity contribution in [1.29, 1.82) is 0 Å². The second kappa shape index (κ2) is 6.70. The van der Waals surface area contributed by atoms with Crippen LogP contribution in [-0.4, -0.2) is 49.0 Å². The molecule has 0 bridgehead atoms. The lowest BCUT2D eigenvalue weighted by atomic mass is 10.1. The summed E-state index contributed by atoms with van der Waals surface area (Å²) >= 11 is 0. The minimum Gasteiger partial charge on any atom is -0.370 e. The van der Waals surface area contributed by atoms with Crippen LogP contribution in [0, 0.1) is 5.92 Å². The van der Waals surface area contributed by atoms with Gasteiger partial charge in [0, 0.05) is 32.0 Å². The first-order chi connectivity index (χ1) is 9.50. The third kappa shape index (κ3) is 4.30. The van der Waals surface area contributed by atoms with Gasteiger partial charge in [-0.1, -0.05) is 6.92 Å². The first-order valence-electron chi connectivity index (χ1n) is 7.66. The van der Waals surface area contributed by atoms with E-state index in [4.69, 9.17) is 5.73 Å². The number of halogens is 2. The van der Waals surface area contributed by atoms with Crippen LogP contribution in [0.25, 0.3) is 0 Å². The molecule has 0 amide bonds. The number of alkyl halides is 2. The monoisotopic (exact) mass is 288 g/mol. The number of hydrogen-bond donors (Lipinski definition) is 2. The van der Waals surface area contributed by atoms with Gasteiger partial charge >= 0.3 is 0 Å². The predicted molar refractivity (Wildman–Crippen MR) is 77.0 cm³/mol. The van der Waals surface area contributed by atoms with Crippen molar-refractivity contribution in [3.8, 4) is 0 Å². The second-order valence-electron chi connectivity index (χ2n) is 6.00. The van der Waals surface area contributed by atoms with E-state index in [1.54, 1.807) is 0 Å². The van der Waals surface area contributed by atoms with Gasteiger partial charge in [0.25, 0.3) is 0 Å². The standard InChI is InChI=1S/C14H26F2N4/c1-2-20-7-3-4-12(20)10-19-13(17)18-9-11-5-6-14(15,16)8-11/h11-12H,2-10H2,1H3,(H3,17,18,19). The van der Waals surface area contributed by atoms with Crippen molar-refractivity contribution in [3.63, 3.8) is 0 Å². The average molecular weight is 288 g/mol. The fourth-order valence-electron chi connectivity index (χ4n) is 3.25. The Bertz CT molecular complexity index is 346. The van der Waals surface area contributed by atoms with E-state index in [1.807, 2.05) is 0 Å². The van der Waals surface area contributed by atoms with Crippen molar-refractivity contribution in [2.45, 2.75) is 51.0 Å². The van der Waals surface area contributed by atoms with Crippen LogP contribution < -0.4 is 11.1 Å². The topological polar surface area (TPSA) is 53.6 Å². The smallest absolute Gasteiger partial charge is 0.248 e. The summed E-state index contributed by atoms with van der Waals surface area (Å²) in [6.07, 6.45) is 2.91. The fourth-order valence-corrected chi connectivity index (χ4v) is 3.25. The summed E-state index contributed by atoms with van der Waals surface area (Å²) in [7, 11) is 0. The lowest BCUT2D eigenvalue weighted by molar-refractivity contribution is 0.00542. The Morgan fingerprint density at radius 1 is 1.45 bits per heavy atom. The quantitative estimate of drug-likeness (QED) is 0.599. The van der Waals surface area contributed by atoms with Crippen LogP contribution in [0.15, 0.2) is 4.99 Å². The van der Waals surface area contributed by atoms with Crippen molar-refractivity contribution in [2.75, 3.05) is 26.2 Å². The van der Waals surface area contributed by atoms with Crippen LogP contribution in [0.3, 0.4) is 0 Å². The Hall–Kier alpha value is -0.910. The van der Waals surface area contributed by atoms with Gasteiger partial charge < -0.3 is 11.1 Å². The van der Waals surface area contributed by atoms with Gasteiger partial charge in [-0.2, -0.15) is 0 Å². The van der Waals surface area contributed by atoms with E-state index in [0.717, 1.165) is 19.6 Å². The van der Waals surface area contributed by atoms with E-state index in [0.29, 0.717) is 25.0 Å². The number of nitrogens with two attached hydrogens (primary N) is 1. The Labute approximate surface area is 119 Å². The van der Waals surface area contributed by atoms with Gasteiger partial charge in [0.15, 0.2) is 5.96 Å². The number of hydrogen-bond acceptors (Lipinski definition) is 2. The highest BCUT2D eigenvalue weighted by molar-refractivity contribution is 5.77. The number of aliphatic imine (C=N–C) groups is 1. The average Bonchev–Trinajstić information content (AvgIpc) is 2.99. The third-order valence-electron chi connectivity index (χ3n) is 4.45. The number of nitrogens with zero attached hydrogens (tertiary/aromatic N) is 2. The molecule has 0 aromatic rings. The van der Waals surface area contributed by atoms with E-state index < -0.39 is 5.92 Å². The Balaban J connectivity index is 1.69. The molecule has 1 saturated carbocycles. The van der Waals surface area contributed by atoms with Crippen LogP contribution in [0.1, 0.15) is 39.0 Å². The molecule has 0 aromatic heterocycles. The minimum atomic E-state index is -2.49. The summed E-state index contributed by atoms with van der Waals surface area (Å²) in [6.45, 7) is 5.58. The molecule has 2 fully saturated rings. The number of nitrogens with one attached hydrogen (secondary N) is 1. The van der Waals surface area contributed by atoms with Crippen LogP contribution in [-0.2, 0) is 0 Å². The van der Waals surface area contributed by atoms with Crippen LogP contribution in [0.2, 0.25) is 0 Å². The maximum absolute atomic E-state index is 13.1. The molecule has 0 spiro atoms. The summed E-state index contributed by atoms with van der Waals surface area (Å²) in [5, 5.41) is 3.13. The molecule has 4 nitrogen and oxygen atoms in total. The zero-order valence-electron chi connectivity index (χ0n) is 12.2. The highest BCUT2D eigenvalue weighted by Crippen LogP contribution is 2.38. The number of guanidine groups is 1. The maximum Gasteiger partial charge on any atom is 0.248 e. The van der Waals surface area contributed by atoms with Gasteiger partial charge in [0.2, 0.25) is 5.92 Å². The molecule has 0 radical (unpaired) electrons. The molecular weight excluding hydrogens is 262 g/mol. The van der Waals surface area contributed by atoms with Gasteiger partial charge in [-0.3, -0.25) is 9.89 Å². The van der Waals surface area contributed by atoms with Gasteiger partial charge in [-0.05, 0) is 38.3 Å². The summed E-state index contributed by atoms with van der Waals surface area (Å²) in [5.41, 5.74) is 5.82. The highest BCUT2D eigenvalue weighted by Gasteiger charge is 2.39. The maximum atomic E-state index is 13.1. The van der Waals surface area contributed by atoms with E-state index in [2.05, 4.69) is 22.1 Å². The van der Waals surface area contributed by atoms with Crippen LogP contribution in [0.5, 0.6) is 0 Å². The zero-order valence-corrected chi connectivity index (χ0v) is 12.2. The molecule has 2 aliphatic rings. The largest absolute Gasteiger partial charge is 0.370 e. The van der Waals surface area contributed by atoms with Crippen molar-refractivity contribution < 1.29 is 8.78 Å². The first-order valence-corrected chi connectivity index (χ1v) is 7.66. The lowest BCUT2D eigenvalue weighted by Crippen LogP contribution is -2.42. The molecule has 1 saturated heterocycles. The van der Waals surface area contributed by atoms with E-state index in [-0.39, 0.29) is 18.8 Å². The number of likely N-dealkylation sites (N-methyl/N-ethyl adjacent to an activating group) is 1. The molecule has 20 heavy (non-hydrogen) atoms. The molecule has 2 atom stereocenters. The van der Waals surface area contributed by atoms with Gasteiger partial charge in [-0.25, -0.2) is 8.78 Å². The molecule has 1 aliphatic heterocycles. The van der Waals surface area contributed by atoms with Crippen molar-refractivity contribution >= 4 is 5.96 Å². The fraction of sp³-hybridized carbons (Fsp3) is 0.929. The van der Waals surface area contributed by atoms with E-state index in [1.165, 1.54) is 12.8 Å². The van der Waals surface area contributed by atoms with Crippen molar-refractivity contribution in [2.24, 2.45) is 16.6 Å². The highest BCUT2D eigenvalue weighted by atomic mass is 19.3. The van der Waals surface area contributed by atoms with Gasteiger partial charge in [-0.15, -0.1) is 0 Å². The molecule has 3 N–H and O–H groups in total.